The summed E-state index contributed by atoms with van der Waals surface area (Å²) >= 11 is 0. The number of hydrogen-bond acceptors (Lipinski definition) is 6. The number of carbonyl (C=O) groups excluding carboxylic acids is 1. The number of ether oxygens (including phenoxy) is 3. The van der Waals surface area contributed by atoms with Crippen molar-refractivity contribution in [2.75, 3.05) is 19.0 Å². The van der Waals surface area contributed by atoms with Crippen LogP contribution in [0.15, 0.2) is 60.8 Å². The van der Waals surface area contributed by atoms with Gasteiger partial charge in [-0.25, -0.2) is 9.78 Å². The van der Waals surface area contributed by atoms with Gasteiger partial charge in [0.15, 0.2) is 0 Å². The molecule has 8 nitrogen and oxygen atoms in total. The minimum absolute atomic E-state index is 0.0450. The summed E-state index contributed by atoms with van der Waals surface area (Å²) in [4.78, 5) is 28.3. The number of pyridine rings is 1. The summed E-state index contributed by atoms with van der Waals surface area (Å²) in [5.74, 6) is -0.319. The highest BCUT2D eigenvalue weighted by atomic mass is 16.5. The molecule has 2 N–H and O–H groups in total. The maximum Gasteiger partial charge on any atom is 0.337 e. The first-order valence-corrected chi connectivity index (χ1v) is 10.8. The van der Waals surface area contributed by atoms with E-state index in [4.69, 9.17) is 19.3 Å². The van der Waals surface area contributed by atoms with Crippen molar-refractivity contribution in [3.8, 4) is 11.5 Å². The summed E-state index contributed by atoms with van der Waals surface area (Å²) < 4.78 is 17.2. The van der Waals surface area contributed by atoms with E-state index in [1.807, 2.05) is 44.2 Å². The average Bonchev–Trinajstić information content (AvgIpc) is 2.80. The van der Waals surface area contributed by atoms with E-state index in [-0.39, 0.29) is 23.6 Å². The van der Waals surface area contributed by atoms with Crippen LogP contribution in [-0.2, 0) is 4.74 Å². The molecule has 0 spiro atoms. The Kier molecular flexibility index (Phi) is 8.21. The van der Waals surface area contributed by atoms with Crippen molar-refractivity contribution in [2.24, 2.45) is 0 Å². The first-order chi connectivity index (χ1) is 16.3. The smallest absolute Gasteiger partial charge is 0.337 e. The van der Waals surface area contributed by atoms with Crippen molar-refractivity contribution in [2.45, 2.75) is 33.0 Å². The second-order valence-corrected chi connectivity index (χ2v) is 7.90. The molecule has 34 heavy (non-hydrogen) atoms. The average molecular weight is 465 g/mol. The molecule has 1 amide bonds. The highest BCUT2D eigenvalue weighted by molar-refractivity contribution is 6.04. The van der Waals surface area contributed by atoms with Gasteiger partial charge in [-0.05, 0) is 50.1 Å². The van der Waals surface area contributed by atoms with E-state index in [0.717, 1.165) is 5.56 Å². The largest absolute Gasteiger partial charge is 0.488 e. The molecular formula is C26H28N2O6. The van der Waals surface area contributed by atoms with Gasteiger partial charge in [-0.1, -0.05) is 30.3 Å². The molecular weight excluding hydrogens is 436 g/mol. The molecule has 0 aliphatic carbocycles. The van der Waals surface area contributed by atoms with Crippen molar-refractivity contribution in [1.82, 2.24) is 4.98 Å². The van der Waals surface area contributed by atoms with Gasteiger partial charge in [0.1, 0.15) is 29.5 Å². The third kappa shape index (κ3) is 6.55. The van der Waals surface area contributed by atoms with E-state index < -0.39 is 11.9 Å². The maximum atomic E-state index is 13.1. The Morgan fingerprint density at radius 3 is 2.29 bits per heavy atom. The highest BCUT2D eigenvalue weighted by Gasteiger charge is 2.16. The number of nitrogens with one attached hydrogen (secondary N) is 1. The Morgan fingerprint density at radius 2 is 1.68 bits per heavy atom. The molecule has 0 fully saturated rings. The number of aromatic nitrogens is 1. The van der Waals surface area contributed by atoms with Gasteiger partial charge in [-0.2, -0.15) is 0 Å². The Balaban J connectivity index is 1.87. The summed E-state index contributed by atoms with van der Waals surface area (Å²) in [7, 11) is 1.59. The SMILES string of the molecule is COC[C@H](C)Oc1cc(O[C@@H](C)c2ccccc2)cc(C(=O)Nc2ncc(C(=O)O)cc2C)c1. The van der Waals surface area contributed by atoms with Gasteiger partial charge < -0.3 is 24.6 Å². The lowest BCUT2D eigenvalue weighted by Gasteiger charge is -2.19. The second-order valence-electron chi connectivity index (χ2n) is 7.90. The van der Waals surface area contributed by atoms with Crippen LogP contribution in [0.5, 0.6) is 11.5 Å². The number of aryl methyl sites for hydroxylation is 1. The standard InChI is InChI=1S/C26H28N2O6/c1-16-10-21(26(30)31)14-27-24(16)28-25(29)20-11-22(33-17(2)15-32-4)13-23(12-20)34-18(3)19-8-6-5-7-9-19/h5-14,17-18H,15H2,1-4H3,(H,30,31)(H,27,28,29)/t17-,18-/m0/s1. The first kappa shape index (κ1) is 24.7. The Hall–Kier alpha value is -3.91. The van der Waals surface area contributed by atoms with Gasteiger partial charge in [-0.3, -0.25) is 4.79 Å². The summed E-state index contributed by atoms with van der Waals surface area (Å²) in [5.41, 5.74) is 1.87. The zero-order valence-electron chi connectivity index (χ0n) is 19.6. The zero-order valence-corrected chi connectivity index (χ0v) is 19.6. The summed E-state index contributed by atoms with van der Waals surface area (Å²) in [6, 6.07) is 16.2. The Morgan fingerprint density at radius 1 is 1.00 bits per heavy atom. The molecule has 2 aromatic carbocycles. The van der Waals surface area contributed by atoms with E-state index in [9.17, 15) is 9.59 Å². The molecule has 0 saturated heterocycles. The first-order valence-electron chi connectivity index (χ1n) is 10.8. The van der Waals surface area contributed by atoms with Crippen LogP contribution in [0.3, 0.4) is 0 Å². The molecule has 0 saturated carbocycles. The van der Waals surface area contributed by atoms with Crippen molar-refractivity contribution in [3.05, 3.63) is 83.0 Å². The fourth-order valence-electron chi connectivity index (χ4n) is 3.34. The number of amides is 1. The lowest BCUT2D eigenvalue weighted by Crippen LogP contribution is -2.19. The number of carboxylic acids is 1. The Labute approximate surface area is 198 Å². The monoisotopic (exact) mass is 464 g/mol. The molecule has 0 aliphatic heterocycles. The molecule has 0 radical (unpaired) electrons. The van der Waals surface area contributed by atoms with Gasteiger partial charge in [0, 0.05) is 24.9 Å². The van der Waals surface area contributed by atoms with Gasteiger partial charge in [0.2, 0.25) is 0 Å². The van der Waals surface area contributed by atoms with Crippen LogP contribution in [0.4, 0.5) is 5.82 Å². The number of carboxylic acid groups (broad SMARTS) is 1. The summed E-state index contributed by atoms with van der Waals surface area (Å²) in [6.07, 6.45) is 0.707. The lowest BCUT2D eigenvalue weighted by atomic mass is 10.1. The fraction of sp³-hybridized carbons (Fsp3) is 0.269. The van der Waals surface area contributed by atoms with Gasteiger partial charge in [0.25, 0.3) is 5.91 Å². The van der Waals surface area contributed by atoms with Gasteiger partial charge in [-0.15, -0.1) is 0 Å². The number of carbonyl (C=O) groups is 2. The summed E-state index contributed by atoms with van der Waals surface area (Å²) in [5, 5.41) is 11.9. The van der Waals surface area contributed by atoms with E-state index >= 15 is 0 Å². The zero-order chi connectivity index (χ0) is 24.7. The lowest BCUT2D eigenvalue weighted by molar-refractivity contribution is 0.0696. The molecule has 178 valence electrons. The number of hydrogen-bond donors (Lipinski definition) is 2. The second kappa shape index (κ2) is 11.3. The van der Waals surface area contributed by atoms with Crippen LogP contribution < -0.4 is 14.8 Å². The van der Waals surface area contributed by atoms with Crippen LogP contribution >= 0.6 is 0 Å². The minimum atomic E-state index is -1.09. The van der Waals surface area contributed by atoms with Crippen LogP contribution in [-0.4, -0.2) is 41.8 Å². The molecule has 1 aromatic heterocycles. The molecule has 2 atom stereocenters. The predicted molar refractivity (Wildman–Crippen MR) is 128 cm³/mol. The number of methoxy groups -OCH3 is 1. The third-order valence-electron chi connectivity index (χ3n) is 5.02. The van der Waals surface area contributed by atoms with E-state index in [2.05, 4.69) is 10.3 Å². The summed E-state index contributed by atoms with van der Waals surface area (Å²) in [6.45, 7) is 5.84. The normalized spacial score (nSPS) is 12.5. The molecule has 0 aliphatic rings. The topological polar surface area (TPSA) is 107 Å². The van der Waals surface area contributed by atoms with E-state index in [0.29, 0.717) is 29.2 Å². The minimum Gasteiger partial charge on any atom is -0.488 e. The maximum absolute atomic E-state index is 13.1. The van der Waals surface area contributed by atoms with Crippen molar-refractivity contribution in [3.63, 3.8) is 0 Å². The number of anilines is 1. The molecule has 3 aromatic rings. The van der Waals surface area contributed by atoms with Gasteiger partial charge in [0.05, 0.1) is 12.2 Å². The number of aromatic carboxylic acids is 1. The van der Waals surface area contributed by atoms with E-state index in [1.54, 1.807) is 32.2 Å². The molecule has 3 rings (SSSR count). The fourth-order valence-corrected chi connectivity index (χ4v) is 3.34. The Bertz CT molecular complexity index is 1150. The number of rotatable bonds is 10. The highest BCUT2D eigenvalue weighted by Crippen LogP contribution is 2.29. The van der Waals surface area contributed by atoms with Crippen molar-refractivity contribution >= 4 is 17.7 Å². The predicted octanol–water partition coefficient (Wildman–Crippen LogP) is 4.89. The number of nitrogens with zero attached hydrogens (tertiary/aromatic N) is 1. The number of benzene rings is 2. The molecule has 0 unspecified atom stereocenters. The van der Waals surface area contributed by atoms with Crippen molar-refractivity contribution < 1.29 is 28.9 Å². The molecule has 1 heterocycles. The quantitative estimate of drug-likeness (QED) is 0.440. The van der Waals surface area contributed by atoms with E-state index in [1.165, 1.54) is 12.3 Å². The molecule has 0 bridgehead atoms. The van der Waals surface area contributed by atoms with Gasteiger partial charge >= 0.3 is 5.97 Å². The van der Waals surface area contributed by atoms with Crippen molar-refractivity contribution in [1.29, 1.82) is 0 Å². The van der Waals surface area contributed by atoms with Crippen LogP contribution in [0.2, 0.25) is 0 Å². The van der Waals surface area contributed by atoms with Crippen LogP contribution in [0.1, 0.15) is 51.8 Å². The molecule has 8 heteroatoms. The third-order valence-corrected chi connectivity index (χ3v) is 5.02. The van der Waals surface area contributed by atoms with Crippen LogP contribution in [0, 0.1) is 6.92 Å². The van der Waals surface area contributed by atoms with Crippen LogP contribution in [0.25, 0.3) is 0 Å².